The third kappa shape index (κ3) is 3.68. The van der Waals surface area contributed by atoms with E-state index in [0.29, 0.717) is 29.7 Å². The molecule has 2 aromatic carbocycles. The van der Waals surface area contributed by atoms with Crippen molar-refractivity contribution in [2.75, 3.05) is 23.3 Å². The smallest absolute Gasteiger partial charge is 0.370 e. The van der Waals surface area contributed by atoms with Crippen molar-refractivity contribution in [3.05, 3.63) is 63.8 Å². The molecular weight excluding hydrogens is 401 g/mol. The van der Waals surface area contributed by atoms with E-state index in [4.69, 9.17) is 0 Å². The molecule has 0 bridgehead atoms. The van der Waals surface area contributed by atoms with Crippen LogP contribution in [0.1, 0.15) is 28.8 Å². The molecule has 1 aliphatic rings. The number of amides is 1. The lowest BCUT2D eigenvalue weighted by Gasteiger charge is -2.23. The number of fused-ring (bicyclic) bond motifs is 1. The number of benzene rings is 2. The number of anilines is 2. The normalized spacial score (nSPS) is 14.3. The molecule has 0 atom stereocenters. The van der Waals surface area contributed by atoms with Crippen molar-refractivity contribution in [2.24, 2.45) is 0 Å². The van der Waals surface area contributed by atoms with E-state index in [9.17, 15) is 28.1 Å². The van der Waals surface area contributed by atoms with E-state index in [1.807, 2.05) is 4.90 Å². The van der Waals surface area contributed by atoms with Crippen LogP contribution in [-0.4, -0.2) is 28.9 Å². The number of non-ortho nitro benzene ring substituents is 1. The fourth-order valence-corrected chi connectivity index (χ4v) is 3.65. The highest BCUT2D eigenvalue weighted by Gasteiger charge is 2.32. The lowest BCUT2D eigenvalue weighted by molar-refractivity contribution is -0.384. The van der Waals surface area contributed by atoms with Gasteiger partial charge in [-0.05, 0) is 37.1 Å². The lowest BCUT2D eigenvalue weighted by atomic mass is 10.1. The van der Waals surface area contributed by atoms with Crippen LogP contribution in [0, 0.1) is 10.1 Å². The van der Waals surface area contributed by atoms with Gasteiger partial charge in [-0.1, -0.05) is 0 Å². The molecule has 2 N–H and O–H groups in total. The number of nitro groups is 1. The van der Waals surface area contributed by atoms with Gasteiger partial charge in [0.1, 0.15) is 0 Å². The molecule has 0 aliphatic carbocycles. The Balaban J connectivity index is 1.72. The number of aromatic nitrogens is 1. The highest BCUT2D eigenvalue weighted by atomic mass is 19.4. The predicted octanol–water partition coefficient (Wildman–Crippen LogP) is 4.95. The van der Waals surface area contributed by atoms with E-state index in [-0.39, 0.29) is 16.9 Å². The van der Waals surface area contributed by atoms with Crippen LogP contribution in [-0.2, 0) is 6.18 Å². The van der Waals surface area contributed by atoms with Crippen LogP contribution in [0.3, 0.4) is 0 Å². The minimum atomic E-state index is -4.55. The maximum Gasteiger partial charge on any atom is 0.416 e. The van der Waals surface area contributed by atoms with Gasteiger partial charge in [-0.25, -0.2) is 0 Å². The third-order valence-electron chi connectivity index (χ3n) is 5.14. The molecule has 30 heavy (non-hydrogen) atoms. The van der Waals surface area contributed by atoms with Crippen molar-refractivity contribution in [3.8, 4) is 0 Å². The van der Waals surface area contributed by atoms with Crippen LogP contribution in [0.2, 0.25) is 0 Å². The molecule has 0 spiro atoms. The van der Waals surface area contributed by atoms with Crippen LogP contribution in [0.5, 0.6) is 0 Å². The minimum absolute atomic E-state index is 0.0523. The van der Waals surface area contributed by atoms with Gasteiger partial charge in [0.2, 0.25) is 0 Å². The number of aromatic amines is 1. The number of carbonyl (C=O) groups is 1. The van der Waals surface area contributed by atoms with Crippen LogP contribution in [0.15, 0.2) is 42.6 Å². The molecular formula is C20H17F3N4O3. The van der Waals surface area contributed by atoms with E-state index < -0.39 is 22.6 Å². The van der Waals surface area contributed by atoms with Gasteiger partial charge in [0, 0.05) is 42.3 Å². The van der Waals surface area contributed by atoms with Crippen LogP contribution >= 0.6 is 0 Å². The molecule has 156 valence electrons. The average molecular weight is 418 g/mol. The highest BCUT2D eigenvalue weighted by molar-refractivity contribution is 6.14. The Morgan fingerprint density at radius 1 is 1.13 bits per heavy atom. The maximum atomic E-state index is 13.2. The maximum absolute atomic E-state index is 13.2. The summed E-state index contributed by atoms with van der Waals surface area (Å²) in [7, 11) is 0. The van der Waals surface area contributed by atoms with E-state index in [1.165, 1.54) is 30.5 Å². The number of alkyl halides is 3. The van der Waals surface area contributed by atoms with Crippen molar-refractivity contribution >= 4 is 33.9 Å². The second kappa shape index (κ2) is 7.36. The number of H-pyrrole nitrogens is 1. The summed E-state index contributed by atoms with van der Waals surface area (Å²) in [5.74, 6) is -0.651. The van der Waals surface area contributed by atoms with Gasteiger partial charge < -0.3 is 15.2 Å². The van der Waals surface area contributed by atoms with Crippen LogP contribution in [0.25, 0.3) is 10.9 Å². The zero-order chi connectivity index (χ0) is 21.5. The first kappa shape index (κ1) is 19.7. The zero-order valence-corrected chi connectivity index (χ0v) is 15.6. The minimum Gasteiger partial charge on any atom is -0.370 e. The summed E-state index contributed by atoms with van der Waals surface area (Å²) in [6.07, 6.45) is -1.33. The summed E-state index contributed by atoms with van der Waals surface area (Å²) in [6.45, 7) is 1.38. The third-order valence-corrected chi connectivity index (χ3v) is 5.14. The predicted molar refractivity (Wildman–Crippen MR) is 106 cm³/mol. The van der Waals surface area contributed by atoms with Gasteiger partial charge in [0.05, 0.1) is 27.4 Å². The van der Waals surface area contributed by atoms with Crippen molar-refractivity contribution in [2.45, 2.75) is 19.0 Å². The lowest BCUT2D eigenvalue weighted by Crippen LogP contribution is -2.22. The van der Waals surface area contributed by atoms with E-state index >= 15 is 0 Å². The molecule has 10 heteroatoms. The van der Waals surface area contributed by atoms with Gasteiger partial charge in [-0.3, -0.25) is 14.9 Å². The molecule has 1 fully saturated rings. The largest absolute Gasteiger partial charge is 0.416 e. The van der Waals surface area contributed by atoms with Gasteiger partial charge in [-0.15, -0.1) is 0 Å². The Bertz CT molecular complexity index is 1130. The molecule has 0 radical (unpaired) electrons. The number of nitro benzene ring substituents is 1. The van der Waals surface area contributed by atoms with E-state index in [0.717, 1.165) is 25.0 Å². The molecule has 4 rings (SSSR count). The Hall–Kier alpha value is -3.56. The Kier molecular flexibility index (Phi) is 4.84. The van der Waals surface area contributed by atoms with Gasteiger partial charge in [0.15, 0.2) is 0 Å². The number of hydrogen-bond acceptors (Lipinski definition) is 4. The summed E-state index contributed by atoms with van der Waals surface area (Å²) in [5.41, 5.74) is 0.132. The average Bonchev–Trinajstić information content (AvgIpc) is 3.36. The van der Waals surface area contributed by atoms with Gasteiger partial charge >= 0.3 is 6.18 Å². The monoisotopic (exact) mass is 418 g/mol. The fourth-order valence-electron chi connectivity index (χ4n) is 3.65. The summed E-state index contributed by atoms with van der Waals surface area (Å²) in [4.78, 5) is 28.1. The standard InChI is InChI=1S/C20H17F3N4O3/c21-20(22,23)12-3-6-18(26-7-1-2-8-26)17(9-12)25-19(28)15-11-24-16-5-4-13(27(29)30)10-14(15)16/h3-6,9-11,24H,1-2,7-8H2,(H,25,28). The van der Waals surface area contributed by atoms with Crippen molar-refractivity contribution < 1.29 is 22.9 Å². The first-order valence-corrected chi connectivity index (χ1v) is 9.27. The molecule has 7 nitrogen and oxygen atoms in total. The van der Waals surface area contributed by atoms with E-state index in [2.05, 4.69) is 10.3 Å². The van der Waals surface area contributed by atoms with Crippen LogP contribution < -0.4 is 10.2 Å². The van der Waals surface area contributed by atoms with Gasteiger partial charge in [-0.2, -0.15) is 13.2 Å². The summed E-state index contributed by atoms with van der Waals surface area (Å²) < 4.78 is 39.7. The number of carbonyl (C=O) groups excluding carboxylic acids is 1. The second-order valence-corrected chi connectivity index (χ2v) is 7.07. The topological polar surface area (TPSA) is 91.3 Å². The number of hydrogen-bond donors (Lipinski definition) is 2. The molecule has 1 saturated heterocycles. The Morgan fingerprint density at radius 3 is 2.53 bits per heavy atom. The molecule has 0 saturated carbocycles. The first-order chi connectivity index (χ1) is 14.2. The molecule has 1 aliphatic heterocycles. The van der Waals surface area contributed by atoms with E-state index in [1.54, 1.807) is 0 Å². The summed E-state index contributed by atoms with van der Waals surface area (Å²) in [6, 6.07) is 7.32. The van der Waals surface area contributed by atoms with Crippen molar-refractivity contribution in [1.82, 2.24) is 4.98 Å². The molecule has 1 amide bonds. The molecule has 3 aromatic rings. The summed E-state index contributed by atoms with van der Waals surface area (Å²) in [5, 5.41) is 13.9. The van der Waals surface area contributed by atoms with Gasteiger partial charge in [0.25, 0.3) is 11.6 Å². The number of nitrogens with zero attached hydrogens (tertiary/aromatic N) is 2. The molecule has 2 heterocycles. The fraction of sp³-hybridized carbons (Fsp3) is 0.250. The zero-order valence-electron chi connectivity index (χ0n) is 15.6. The van der Waals surface area contributed by atoms with Crippen molar-refractivity contribution in [3.63, 3.8) is 0 Å². The highest BCUT2D eigenvalue weighted by Crippen LogP contribution is 2.37. The number of rotatable bonds is 4. The Labute approximate surface area is 168 Å². The molecule has 1 aromatic heterocycles. The number of nitrogens with one attached hydrogen (secondary N) is 2. The Morgan fingerprint density at radius 2 is 1.87 bits per heavy atom. The SMILES string of the molecule is O=C(Nc1cc(C(F)(F)F)ccc1N1CCCC1)c1c[nH]c2ccc([N+](=O)[O-])cc12. The molecule has 0 unspecified atom stereocenters. The van der Waals surface area contributed by atoms with Crippen molar-refractivity contribution in [1.29, 1.82) is 0 Å². The first-order valence-electron chi connectivity index (χ1n) is 9.27. The quantitative estimate of drug-likeness (QED) is 0.463. The number of halogens is 3. The van der Waals surface area contributed by atoms with Crippen LogP contribution in [0.4, 0.5) is 30.2 Å². The summed E-state index contributed by atoms with van der Waals surface area (Å²) >= 11 is 0. The second-order valence-electron chi connectivity index (χ2n) is 7.07.